The Kier molecular flexibility index (Phi) is 3.37. The van der Waals surface area contributed by atoms with Gasteiger partial charge in [-0.3, -0.25) is 9.13 Å². The van der Waals surface area contributed by atoms with Crippen LogP contribution in [0, 0.1) is 0 Å². The van der Waals surface area contributed by atoms with Crippen molar-refractivity contribution in [1.82, 2.24) is 9.13 Å². The lowest BCUT2D eigenvalue weighted by atomic mass is 9.96. The van der Waals surface area contributed by atoms with Gasteiger partial charge in [0.15, 0.2) is 0 Å². The second-order valence-electron chi connectivity index (χ2n) is 5.53. The SMILES string of the molecule is CC(C)n1ccn(-c2ccccc2C(C)(C)O)c1=O. The molecule has 0 aliphatic carbocycles. The Bertz CT molecular complexity index is 630. The molecule has 0 saturated heterocycles. The minimum atomic E-state index is -0.990. The van der Waals surface area contributed by atoms with Crippen molar-refractivity contribution in [2.24, 2.45) is 0 Å². The number of rotatable bonds is 3. The van der Waals surface area contributed by atoms with E-state index in [2.05, 4.69) is 0 Å². The van der Waals surface area contributed by atoms with Gasteiger partial charge in [-0.05, 0) is 33.8 Å². The van der Waals surface area contributed by atoms with Crippen LogP contribution >= 0.6 is 0 Å². The zero-order chi connectivity index (χ0) is 14.2. The first-order chi connectivity index (χ1) is 8.82. The minimum Gasteiger partial charge on any atom is -0.386 e. The molecule has 1 N–H and O–H groups in total. The molecular weight excluding hydrogens is 240 g/mol. The van der Waals surface area contributed by atoms with Gasteiger partial charge < -0.3 is 5.11 Å². The zero-order valence-electron chi connectivity index (χ0n) is 11.8. The van der Waals surface area contributed by atoms with Gasteiger partial charge in [-0.2, -0.15) is 0 Å². The molecule has 2 aromatic rings. The van der Waals surface area contributed by atoms with Crippen molar-refractivity contribution in [1.29, 1.82) is 0 Å². The topological polar surface area (TPSA) is 47.2 Å². The minimum absolute atomic E-state index is 0.0910. The molecule has 0 radical (unpaired) electrons. The third kappa shape index (κ3) is 2.49. The number of aromatic nitrogens is 2. The average molecular weight is 260 g/mol. The molecule has 2 rings (SSSR count). The highest BCUT2D eigenvalue weighted by molar-refractivity contribution is 5.44. The molecule has 0 spiro atoms. The molecule has 0 aliphatic rings. The quantitative estimate of drug-likeness (QED) is 0.921. The van der Waals surface area contributed by atoms with Crippen LogP contribution in [0.25, 0.3) is 5.69 Å². The summed E-state index contributed by atoms with van der Waals surface area (Å²) in [5, 5.41) is 10.2. The highest BCUT2D eigenvalue weighted by atomic mass is 16.3. The standard InChI is InChI=1S/C15H20N2O2/c1-11(2)16-9-10-17(14(16)18)13-8-6-5-7-12(13)15(3,4)19/h5-11,19H,1-4H3. The highest BCUT2D eigenvalue weighted by Crippen LogP contribution is 2.25. The van der Waals surface area contributed by atoms with E-state index in [1.807, 2.05) is 38.1 Å². The first-order valence-corrected chi connectivity index (χ1v) is 6.44. The Hall–Kier alpha value is -1.81. The van der Waals surface area contributed by atoms with E-state index in [1.54, 1.807) is 35.4 Å². The second kappa shape index (κ2) is 4.70. The van der Waals surface area contributed by atoms with Gasteiger partial charge in [0, 0.05) is 24.0 Å². The van der Waals surface area contributed by atoms with E-state index in [1.165, 1.54) is 0 Å². The fourth-order valence-electron chi connectivity index (χ4n) is 2.17. The van der Waals surface area contributed by atoms with E-state index in [-0.39, 0.29) is 11.7 Å². The van der Waals surface area contributed by atoms with Crippen molar-refractivity contribution >= 4 is 0 Å². The zero-order valence-corrected chi connectivity index (χ0v) is 11.8. The normalized spacial score (nSPS) is 12.1. The smallest absolute Gasteiger partial charge is 0.332 e. The van der Waals surface area contributed by atoms with E-state index in [9.17, 15) is 9.90 Å². The van der Waals surface area contributed by atoms with Gasteiger partial charge in [0.2, 0.25) is 0 Å². The maximum atomic E-state index is 12.3. The van der Waals surface area contributed by atoms with Crippen LogP contribution < -0.4 is 5.69 Å². The number of para-hydroxylation sites is 1. The Balaban J connectivity index is 2.64. The van der Waals surface area contributed by atoms with Crippen LogP contribution in [0.2, 0.25) is 0 Å². The number of aliphatic hydroxyl groups is 1. The summed E-state index contributed by atoms with van der Waals surface area (Å²) in [5.41, 5.74) is 0.375. The van der Waals surface area contributed by atoms with Crippen molar-refractivity contribution in [3.8, 4) is 5.69 Å². The average Bonchev–Trinajstić information content (AvgIpc) is 2.70. The summed E-state index contributed by atoms with van der Waals surface area (Å²) in [6, 6.07) is 7.53. The molecule has 1 aromatic heterocycles. The molecule has 0 amide bonds. The van der Waals surface area contributed by atoms with E-state index in [0.29, 0.717) is 0 Å². The van der Waals surface area contributed by atoms with Crippen LogP contribution in [0.15, 0.2) is 41.5 Å². The van der Waals surface area contributed by atoms with Crippen molar-refractivity contribution in [2.45, 2.75) is 39.3 Å². The van der Waals surface area contributed by atoms with Crippen LogP contribution in [-0.2, 0) is 5.60 Å². The van der Waals surface area contributed by atoms with Crippen LogP contribution in [-0.4, -0.2) is 14.2 Å². The third-order valence-electron chi connectivity index (χ3n) is 3.18. The molecule has 1 aromatic carbocycles. The third-order valence-corrected chi connectivity index (χ3v) is 3.18. The van der Waals surface area contributed by atoms with Gasteiger partial charge in [0.25, 0.3) is 0 Å². The van der Waals surface area contributed by atoms with Crippen molar-refractivity contribution in [2.75, 3.05) is 0 Å². The van der Waals surface area contributed by atoms with Crippen molar-refractivity contribution in [3.05, 3.63) is 52.7 Å². The lowest BCUT2D eigenvalue weighted by Crippen LogP contribution is -2.27. The molecule has 102 valence electrons. The molecule has 0 unspecified atom stereocenters. The molecule has 4 heteroatoms. The lowest BCUT2D eigenvalue weighted by Gasteiger charge is -2.21. The molecule has 1 heterocycles. The molecule has 0 bridgehead atoms. The number of hydrogen-bond acceptors (Lipinski definition) is 2. The second-order valence-corrected chi connectivity index (χ2v) is 5.53. The molecule has 19 heavy (non-hydrogen) atoms. The monoisotopic (exact) mass is 260 g/mol. The van der Waals surface area contributed by atoms with Crippen LogP contribution in [0.4, 0.5) is 0 Å². The molecule has 0 fully saturated rings. The van der Waals surface area contributed by atoms with Gasteiger partial charge in [-0.15, -0.1) is 0 Å². The van der Waals surface area contributed by atoms with Crippen LogP contribution in [0.1, 0.15) is 39.3 Å². The van der Waals surface area contributed by atoms with E-state index >= 15 is 0 Å². The maximum absolute atomic E-state index is 12.3. The summed E-state index contributed by atoms with van der Waals surface area (Å²) >= 11 is 0. The summed E-state index contributed by atoms with van der Waals surface area (Å²) in [5.74, 6) is 0. The van der Waals surface area contributed by atoms with Gasteiger partial charge in [0.1, 0.15) is 0 Å². The summed E-state index contributed by atoms with van der Waals surface area (Å²) < 4.78 is 3.24. The number of benzene rings is 1. The van der Waals surface area contributed by atoms with E-state index in [0.717, 1.165) is 11.3 Å². The van der Waals surface area contributed by atoms with Crippen molar-refractivity contribution < 1.29 is 5.11 Å². The fourth-order valence-corrected chi connectivity index (χ4v) is 2.17. The van der Waals surface area contributed by atoms with Gasteiger partial charge >= 0.3 is 5.69 Å². The Morgan fingerprint density at radius 2 is 1.79 bits per heavy atom. The number of nitrogens with zero attached hydrogens (tertiary/aromatic N) is 2. The number of hydrogen-bond donors (Lipinski definition) is 1. The summed E-state index contributed by atoms with van der Waals surface area (Å²) in [7, 11) is 0. The molecule has 0 saturated carbocycles. The largest absolute Gasteiger partial charge is 0.386 e. The number of imidazole rings is 1. The van der Waals surface area contributed by atoms with Gasteiger partial charge in [-0.25, -0.2) is 4.79 Å². The summed E-state index contributed by atoms with van der Waals surface area (Å²) in [4.78, 5) is 12.3. The lowest BCUT2D eigenvalue weighted by molar-refractivity contribution is 0.0785. The predicted molar refractivity (Wildman–Crippen MR) is 75.7 cm³/mol. The summed E-state index contributed by atoms with van der Waals surface area (Å²) in [6.07, 6.45) is 3.51. The van der Waals surface area contributed by atoms with Gasteiger partial charge in [-0.1, -0.05) is 18.2 Å². The maximum Gasteiger partial charge on any atom is 0.332 e. The molecule has 4 nitrogen and oxygen atoms in total. The Labute approximate surface area is 112 Å². The first kappa shape index (κ1) is 13.6. The van der Waals surface area contributed by atoms with Crippen molar-refractivity contribution in [3.63, 3.8) is 0 Å². The first-order valence-electron chi connectivity index (χ1n) is 6.44. The van der Waals surface area contributed by atoms with Gasteiger partial charge in [0.05, 0.1) is 11.3 Å². The van der Waals surface area contributed by atoms with Crippen LogP contribution in [0.3, 0.4) is 0 Å². The highest BCUT2D eigenvalue weighted by Gasteiger charge is 2.21. The fraction of sp³-hybridized carbons (Fsp3) is 0.400. The molecule has 0 atom stereocenters. The Morgan fingerprint density at radius 1 is 1.16 bits per heavy atom. The predicted octanol–water partition coefficient (Wildman–Crippen LogP) is 2.45. The van der Waals surface area contributed by atoms with E-state index < -0.39 is 5.60 Å². The summed E-state index contributed by atoms with van der Waals surface area (Å²) in [6.45, 7) is 7.37. The van der Waals surface area contributed by atoms with E-state index in [4.69, 9.17) is 0 Å². The Morgan fingerprint density at radius 3 is 2.32 bits per heavy atom. The van der Waals surface area contributed by atoms with Crippen LogP contribution in [0.5, 0.6) is 0 Å². The molecular formula is C15H20N2O2. The molecule has 0 aliphatic heterocycles.